The Hall–Kier alpha value is -14.8. The Labute approximate surface area is 799 Å². The number of fused-ring (bicyclic) bond motifs is 3. The van der Waals surface area contributed by atoms with E-state index in [0.717, 1.165) is 62.3 Å². The van der Waals surface area contributed by atoms with Crippen molar-refractivity contribution in [2.45, 2.75) is 90.1 Å². The number of benzene rings is 5. The first-order valence-corrected chi connectivity index (χ1v) is 48.2. The highest BCUT2D eigenvalue weighted by atomic mass is 32.2. The number of sulfonamides is 1. The average Bonchev–Trinajstić information content (AvgIpc) is 0.752. The lowest BCUT2D eigenvalue weighted by molar-refractivity contribution is -0.138. The first kappa shape index (κ1) is 94.6. The third kappa shape index (κ3) is 21.1. The lowest BCUT2D eigenvalue weighted by atomic mass is 10.0. The second-order valence-corrected chi connectivity index (χ2v) is 37.7. The van der Waals surface area contributed by atoms with Gasteiger partial charge in [0.2, 0.25) is 27.9 Å². The van der Waals surface area contributed by atoms with Gasteiger partial charge in [-0.3, -0.25) is 43.0 Å². The maximum Gasteiger partial charge on any atom is 0.416 e. The van der Waals surface area contributed by atoms with Gasteiger partial charge in [-0.1, -0.05) is 54.6 Å². The van der Waals surface area contributed by atoms with E-state index in [0.29, 0.717) is 145 Å². The van der Waals surface area contributed by atoms with E-state index in [-0.39, 0.29) is 106 Å². The van der Waals surface area contributed by atoms with Gasteiger partial charge in [-0.25, -0.2) is 65.8 Å². The van der Waals surface area contributed by atoms with Gasteiger partial charge in [-0.2, -0.15) is 39.9 Å². The number of pyridine rings is 5. The molecule has 3 unspecified atom stereocenters. The van der Waals surface area contributed by atoms with Gasteiger partial charge in [0.25, 0.3) is 16.7 Å². The number of piperazine rings is 2. The average molecular weight is 1920 g/mol. The topological polar surface area (TPSA) is 354 Å². The molecule has 3 atom stereocenters. The first-order chi connectivity index (χ1) is 67.1. The summed E-state index contributed by atoms with van der Waals surface area (Å²) in [5.41, 5.74) is 8.33. The second-order valence-electron chi connectivity index (χ2n) is 34.4. The van der Waals surface area contributed by atoms with E-state index in [1.807, 2.05) is 41.8 Å². The van der Waals surface area contributed by atoms with Crippen LogP contribution >= 0.6 is 11.8 Å². The minimum atomic E-state index is -4.62. The van der Waals surface area contributed by atoms with E-state index >= 15 is 13.2 Å². The molecule has 0 saturated carbocycles. The molecular weight excluding hydrogens is 1820 g/mol. The molecule has 4 fully saturated rings. The van der Waals surface area contributed by atoms with Crippen molar-refractivity contribution >= 4 is 101 Å². The van der Waals surface area contributed by atoms with Crippen molar-refractivity contribution in [3.8, 4) is 67.7 Å². The molecule has 4 aliphatic rings. The number of halogens is 6. The highest BCUT2D eigenvalue weighted by Gasteiger charge is 2.35. The number of hydrogen-bond donors (Lipinski definition) is 5. The van der Waals surface area contributed by atoms with E-state index < -0.39 is 33.1 Å². The fourth-order valence-electron chi connectivity index (χ4n) is 17.7. The quantitative estimate of drug-likeness (QED) is 0.0442. The first-order valence-electron chi connectivity index (χ1n) is 45.3. The largest absolute Gasteiger partial charge is 0.416 e. The Kier molecular flexibility index (Phi) is 27.8. The van der Waals surface area contributed by atoms with Crippen LogP contribution in [0.5, 0.6) is 0 Å². The smallest absolute Gasteiger partial charge is 0.366 e. The molecule has 4 aliphatic heterocycles. The van der Waals surface area contributed by atoms with Crippen LogP contribution in [0, 0.1) is 31.3 Å². The van der Waals surface area contributed by atoms with E-state index in [4.69, 9.17) is 4.98 Å². The lowest BCUT2D eigenvalue weighted by Gasteiger charge is -2.36. The summed E-state index contributed by atoms with van der Waals surface area (Å²) in [6.07, 6.45) is 15.0. The van der Waals surface area contributed by atoms with Crippen molar-refractivity contribution in [1.82, 2.24) is 103 Å². The van der Waals surface area contributed by atoms with E-state index in [1.54, 1.807) is 165 Å². The predicted molar refractivity (Wildman–Crippen MR) is 528 cm³/mol. The Balaban J connectivity index is 0.000000139. The standard InChI is InChI=1S/C36H31F3N8OS.C33H36FN11O3S.C31H29F2N7O/c1-22-18-41-32(29-9-5-6-14-40-29)44-31(22)27-17-25-19-42-35(43-26-12-10-23(11-13-26)30-21-46(2)15-16-49-30)45-33(25)47(34(27)48)20-24-7-3-4-8-28(24)36(37,38)39;1-20-19-43(13-10-36-20)29-5-4-23(15-27(29)34)41-33-39-16-22-14-25(26-17-38-30(40-21(26)2)28-18-35-8-9-37-28)32(46)45(31(22)42-33)24-6-11-44(12-7-24)49(3,47)48;1-3-39-29-22(13-25(30(39)41)24-8-6-20(14-26(24)32)21-5-4-10-34-17-21)18-36-31(38-29)37-23-7-9-28(27(33)15-23)40-12-11-35-16-19(40)2/h3-14,17-19,30H,15-16,20-21H2,1-2H3,(H,42,43,45);4-5,8-9,14-18,20,24,36H,6-7,10-13,19H2,1-3H3,(H,39,41,42);4-10,13-15,17-19,35H,3,11-12,16H2,1-2H3,(H,36,37,38). The van der Waals surface area contributed by atoms with E-state index in [2.05, 4.69) is 134 Å². The Morgan fingerprint density at radius 2 is 1.16 bits per heavy atom. The normalized spacial score (nSPS) is 16.2. The highest BCUT2D eigenvalue weighted by Crippen LogP contribution is 2.39. The zero-order valence-electron chi connectivity index (χ0n) is 76.7. The van der Waals surface area contributed by atoms with Gasteiger partial charge >= 0.3 is 6.18 Å². The van der Waals surface area contributed by atoms with Crippen molar-refractivity contribution in [3.63, 3.8) is 0 Å². The van der Waals surface area contributed by atoms with Crippen molar-refractivity contribution in [2.75, 3.05) is 110 Å². The molecule has 31 nitrogen and oxygen atoms in total. The van der Waals surface area contributed by atoms with Crippen molar-refractivity contribution < 1.29 is 34.8 Å². The van der Waals surface area contributed by atoms with Crippen LogP contribution in [0.2, 0.25) is 0 Å². The van der Waals surface area contributed by atoms with E-state index in [1.165, 1.54) is 61.7 Å². The number of piperidine rings is 1. The molecule has 0 spiro atoms. The predicted octanol–water partition coefficient (Wildman–Crippen LogP) is 15.8. The SMILES string of the molecule is CCn1c(=O)c(-c2ccc(-c3cccnc3)cc2F)cc2cnc(Nc3ccc(N4CCNCC4C)c(F)c3)nc21.Cc1cnc(-c2ccccn2)nc1-c1cc2cnc(Nc3ccc(C4CN(C)CCS4)cc3)nc2n(Cc2ccccc2C(F)(F)F)c1=O.Cc1nc(-c2cnccn2)ncc1-c1cc2cnc(Nc3ccc(N4CCNC(C)C4)c(F)c3)nc2n(C2CCN(S(C)(=O)=O)CC2)c1=O. The van der Waals surface area contributed by atoms with Crippen LogP contribution in [0.25, 0.3) is 101 Å². The van der Waals surface area contributed by atoms with Crippen LogP contribution in [-0.4, -0.2) is 198 Å². The third-order valence-corrected chi connectivity index (χ3v) is 27.4. The molecule has 11 aromatic heterocycles. The molecule has 20 rings (SSSR count). The lowest BCUT2D eigenvalue weighted by Crippen LogP contribution is -2.50. The van der Waals surface area contributed by atoms with Crippen LogP contribution in [0.1, 0.15) is 72.9 Å². The van der Waals surface area contributed by atoms with Gasteiger partial charge in [0, 0.05) is 219 Å². The van der Waals surface area contributed by atoms with Crippen LogP contribution < -0.4 is 53.1 Å². The molecule has 139 heavy (non-hydrogen) atoms. The van der Waals surface area contributed by atoms with Crippen LogP contribution in [0.15, 0.2) is 234 Å². The number of nitrogens with zero attached hydrogens (tertiary/aromatic N) is 21. The summed E-state index contributed by atoms with van der Waals surface area (Å²) in [5.74, 6) is 1.18. The van der Waals surface area contributed by atoms with Gasteiger partial charge in [0.15, 0.2) is 11.6 Å². The number of alkyl halides is 3. The summed E-state index contributed by atoms with van der Waals surface area (Å²) in [6.45, 7) is 16.6. The van der Waals surface area contributed by atoms with Crippen LogP contribution in [-0.2, 0) is 29.3 Å². The van der Waals surface area contributed by atoms with Gasteiger partial charge in [-0.05, 0) is 174 Å². The zero-order chi connectivity index (χ0) is 96.9. The zero-order valence-corrected chi connectivity index (χ0v) is 78.4. The fourth-order valence-corrected chi connectivity index (χ4v) is 20.0. The molecule has 5 aromatic carbocycles. The van der Waals surface area contributed by atoms with Gasteiger partial charge in [0.05, 0.1) is 58.3 Å². The van der Waals surface area contributed by atoms with E-state index in [9.17, 15) is 36.0 Å². The molecule has 710 valence electrons. The van der Waals surface area contributed by atoms with Crippen molar-refractivity contribution in [1.29, 1.82) is 0 Å². The van der Waals surface area contributed by atoms with Crippen molar-refractivity contribution in [2.24, 2.45) is 0 Å². The molecule has 0 radical (unpaired) electrons. The molecular formula is C100H96F6N26O5S2. The minimum Gasteiger partial charge on any atom is -0.366 e. The number of rotatable bonds is 20. The molecule has 39 heteroatoms. The molecule has 0 aliphatic carbocycles. The Bertz CT molecular complexity index is 7590. The molecule has 4 saturated heterocycles. The molecule has 5 N–H and O–H groups in total. The summed E-state index contributed by atoms with van der Waals surface area (Å²) in [5, 5.41) is 18.0. The summed E-state index contributed by atoms with van der Waals surface area (Å²) in [4.78, 5) is 111. The third-order valence-electron chi connectivity index (χ3n) is 24.8. The molecule has 0 bridgehead atoms. The number of thioether (sulfide) groups is 1. The summed E-state index contributed by atoms with van der Waals surface area (Å²) >= 11 is 1.94. The summed E-state index contributed by atoms with van der Waals surface area (Å²) < 4.78 is 118. The molecule has 0 amide bonds. The van der Waals surface area contributed by atoms with Gasteiger partial charge in [-0.15, -0.1) is 0 Å². The van der Waals surface area contributed by atoms with Crippen LogP contribution in [0.3, 0.4) is 0 Å². The highest BCUT2D eigenvalue weighted by molar-refractivity contribution is 7.99. The maximum atomic E-state index is 15.3. The van der Waals surface area contributed by atoms with Crippen molar-refractivity contribution in [3.05, 3.63) is 296 Å². The number of nitrogens with one attached hydrogen (secondary N) is 5. The molecule has 16 aromatic rings. The number of hydrogen-bond acceptors (Lipinski definition) is 28. The second kappa shape index (κ2) is 40.9. The number of aryl methyl sites for hydroxylation is 3. The Morgan fingerprint density at radius 1 is 0.525 bits per heavy atom. The van der Waals surface area contributed by atoms with Crippen LogP contribution in [0.4, 0.5) is 72.6 Å². The number of aromatic nitrogens is 17. The maximum absolute atomic E-state index is 15.3. The summed E-state index contributed by atoms with van der Waals surface area (Å²) in [7, 11) is -1.26. The monoisotopic (exact) mass is 1920 g/mol. The van der Waals surface area contributed by atoms with Gasteiger partial charge < -0.3 is 41.3 Å². The summed E-state index contributed by atoms with van der Waals surface area (Å²) in [6, 6.07) is 42.0. The number of likely N-dealkylation sites (N-methyl/N-ethyl adjacent to an activating group) is 1. The molecule has 15 heterocycles. The minimum absolute atomic E-state index is 0.0703. The van der Waals surface area contributed by atoms with Gasteiger partial charge in [0.1, 0.15) is 45.8 Å². The number of anilines is 8. The Morgan fingerprint density at radius 3 is 1.79 bits per heavy atom. The fraction of sp³-hybridized carbons (Fsp3) is 0.270.